The van der Waals surface area contributed by atoms with Crippen molar-refractivity contribution in [2.45, 2.75) is 52.2 Å². The van der Waals surface area contributed by atoms with Gasteiger partial charge in [0.25, 0.3) is 5.56 Å². The molecular weight excluding hydrogens is 326 g/mol. The van der Waals surface area contributed by atoms with E-state index in [4.69, 9.17) is 4.98 Å². The maximum atomic E-state index is 12.5. The summed E-state index contributed by atoms with van der Waals surface area (Å²) in [6.45, 7) is 6.74. The Morgan fingerprint density at radius 3 is 3.00 bits per heavy atom. The van der Waals surface area contributed by atoms with Gasteiger partial charge in [-0.3, -0.25) is 14.1 Å². The largest absolute Gasteiger partial charge is 0.334 e. The topological polar surface area (TPSA) is 55.4 Å². The Balaban J connectivity index is 1.65. The molecule has 26 heavy (non-hydrogen) atoms. The van der Waals surface area contributed by atoms with Crippen LogP contribution < -0.4 is 5.56 Å². The van der Waals surface area contributed by atoms with Gasteiger partial charge in [0.1, 0.15) is 11.5 Å². The number of hydrogen-bond donors (Lipinski definition) is 0. The van der Waals surface area contributed by atoms with Crippen molar-refractivity contribution in [1.29, 1.82) is 0 Å². The van der Waals surface area contributed by atoms with Gasteiger partial charge in [0.2, 0.25) is 0 Å². The van der Waals surface area contributed by atoms with E-state index in [2.05, 4.69) is 21.4 Å². The first kappa shape index (κ1) is 17.0. The lowest BCUT2D eigenvalue weighted by Crippen LogP contribution is -2.35. The lowest BCUT2D eigenvalue weighted by Gasteiger charge is -2.35. The molecule has 3 aromatic heterocycles. The first-order chi connectivity index (χ1) is 12.7. The number of hydrogen-bond acceptors (Lipinski definition) is 4. The Morgan fingerprint density at radius 1 is 1.27 bits per heavy atom. The highest BCUT2D eigenvalue weighted by atomic mass is 16.1. The molecule has 3 aromatic rings. The predicted octanol–water partition coefficient (Wildman–Crippen LogP) is 2.95. The minimum atomic E-state index is -0.0164. The van der Waals surface area contributed by atoms with Crippen molar-refractivity contribution in [3.8, 4) is 0 Å². The number of piperidine rings is 1. The van der Waals surface area contributed by atoms with Crippen molar-refractivity contribution < 1.29 is 0 Å². The van der Waals surface area contributed by atoms with E-state index in [0.717, 1.165) is 36.6 Å². The third-order valence-electron chi connectivity index (χ3n) is 5.23. The molecule has 0 radical (unpaired) electrons. The second kappa shape index (κ2) is 7.03. The van der Waals surface area contributed by atoms with Crippen LogP contribution in [0, 0.1) is 6.92 Å². The molecule has 1 aliphatic rings. The van der Waals surface area contributed by atoms with Gasteiger partial charge in [-0.1, -0.05) is 12.5 Å². The van der Waals surface area contributed by atoms with Crippen molar-refractivity contribution in [2.75, 3.05) is 6.54 Å². The summed E-state index contributed by atoms with van der Waals surface area (Å²) in [5, 5.41) is 0. The van der Waals surface area contributed by atoms with E-state index in [1.54, 1.807) is 10.5 Å². The zero-order chi connectivity index (χ0) is 18.1. The van der Waals surface area contributed by atoms with Gasteiger partial charge in [-0.15, -0.1) is 0 Å². The lowest BCUT2D eigenvalue weighted by molar-refractivity contribution is 0.129. The molecule has 136 valence electrons. The summed E-state index contributed by atoms with van der Waals surface area (Å²) >= 11 is 0. The van der Waals surface area contributed by atoms with Crippen LogP contribution in [0.2, 0.25) is 0 Å². The molecule has 1 fully saturated rings. The molecule has 4 rings (SSSR count). The fraction of sp³-hybridized carbons (Fsp3) is 0.450. The Morgan fingerprint density at radius 2 is 2.15 bits per heavy atom. The SMILES string of the molecule is CCn1ccnc1C1CCCCN1Cc1cc(=O)n2cc(C)ccc2n1. The summed E-state index contributed by atoms with van der Waals surface area (Å²) in [6, 6.07) is 5.87. The second-order valence-corrected chi connectivity index (χ2v) is 7.07. The zero-order valence-electron chi connectivity index (χ0n) is 15.4. The highest BCUT2D eigenvalue weighted by molar-refractivity contribution is 5.39. The fourth-order valence-electron chi connectivity index (χ4n) is 3.91. The van der Waals surface area contributed by atoms with Gasteiger partial charge in [0.05, 0.1) is 11.7 Å². The Labute approximate surface area is 153 Å². The van der Waals surface area contributed by atoms with Gasteiger partial charge in [0, 0.05) is 37.7 Å². The van der Waals surface area contributed by atoms with Crippen LogP contribution in [0.1, 0.15) is 49.3 Å². The molecule has 0 aliphatic carbocycles. The number of rotatable bonds is 4. The number of fused-ring (bicyclic) bond motifs is 1. The lowest BCUT2D eigenvalue weighted by atomic mass is 10.0. The van der Waals surface area contributed by atoms with E-state index >= 15 is 0 Å². The van der Waals surface area contributed by atoms with Crippen LogP contribution in [0.25, 0.3) is 5.65 Å². The maximum absolute atomic E-state index is 12.5. The number of nitrogens with zero attached hydrogens (tertiary/aromatic N) is 5. The number of imidazole rings is 1. The summed E-state index contributed by atoms with van der Waals surface area (Å²) in [7, 11) is 0. The summed E-state index contributed by atoms with van der Waals surface area (Å²) in [5.74, 6) is 1.13. The van der Waals surface area contributed by atoms with Crippen molar-refractivity contribution in [3.05, 3.63) is 64.2 Å². The Bertz CT molecular complexity index is 974. The molecule has 0 N–H and O–H groups in total. The van der Waals surface area contributed by atoms with E-state index in [1.165, 1.54) is 12.8 Å². The Kier molecular flexibility index (Phi) is 4.59. The van der Waals surface area contributed by atoms with Crippen molar-refractivity contribution in [1.82, 2.24) is 23.8 Å². The van der Waals surface area contributed by atoms with Crippen LogP contribution in [-0.2, 0) is 13.1 Å². The fourth-order valence-corrected chi connectivity index (χ4v) is 3.91. The average molecular weight is 351 g/mol. The molecule has 6 heteroatoms. The molecule has 0 spiro atoms. The van der Waals surface area contributed by atoms with Crippen LogP contribution in [0.5, 0.6) is 0 Å². The number of aryl methyl sites for hydroxylation is 2. The first-order valence-electron chi connectivity index (χ1n) is 9.39. The summed E-state index contributed by atoms with van der Waals surface area (Å²) < 4.78 is 3.84. The third kappa shape index (κ3) is 3.17. The summed E-state index contributed by atoms with van der Waals surface area (Å²) in [5.41, 5.74) is 2.58. The van der Waals surface area contributed by atoms with Crippen LogP contribution in [0.3, 0.4) is 0 Å². The molecule has 4 heterocycles. The van der Waals surface area contributed by atoms with Crippen LogP contribution in [0.4, 0.5) is 0 Å². The zero-order valence-corrected chi connectivity index (χ0v) is 15.4. The van der Waals surface area contributed by atoms with Crippen molar-refractivity contribution in [3.63, 3.8) is 0 Å². The minimum Gasteiger partial charge on any atom is -0.334 e. The van der Waals surface area contributed by atoms with Gasteiger partial charge < -0.3 is 4.57 Å². The van der Waals surface area contributed by atoms with Gasteiger partial charge in [-0.2, -0.15) is 0 Å². The third-order valence-corrected chi connectivity index (χ3v) is 5.23. The smallest absolute Gasteiger partial charge is 0.258 e. The highest BCUT2D eigenvalue weighted by Crippen LogP contribution is 2.31. The predicted molar refractivity (Wildman–Crippen MR) is 101 cm³/mol. The molecule has 0 saturated carbocycles. The molecule has 1 saturated heterocycles. The molecule has 6 nitrogen and oxygen atoms in total. The molecule has 1 atom stereocenters. The summed E-state index contributed by atoms with van der Waals surface area (Å²) in [4.78, 5) is 24.3. The Hall–Kier alpha value is -2.47. The molecule has 0 bridgehead atoms. The molecule has 1 aliphatic heterocycles. The van der Waals surface area contributed by atoms with Crippen molar-refractivity contribution in [2.24, 2.45) is 0 Å². The van der Waals surface area contributed by atoms with Crippen LogP contribution in [-0.4, -0.2) is 30.4 Å². The number of likely N-dealkylation sites (tertiary alicyclic amines) is 1. The molecule has 0 aromatic carbocycles. The molecular formula is C20H25N5O. The number of aromatic nitrogens is 4. The van der Waals surface area contributed by atoms with Crippen LogP contribution in [0.15, 0.2) is 41.6 Å². The average Bonchev–Trinajstić information content (AvgIpc) is 3.11. The first-order valence-corrected chi connectivity index (χ1v) is 9.39. The standard InChI is InChI=1S/C20H25N5O/c1-3-23-11-9-21-20(23)17-6-4-5-10-24(17)14-16-12-19(26)25-13-15(2)7-8-18(25)22-16/h7-9,11-13,17H,3-6,10,14H2,1-2H3. The van der Waals surface area contributed by atoms with Crippen molar-refractivity contribution >= 4 is 5.65 Å². The van der Waals surface area contributed by atoms with E-state index < -0.39 is 0 Å². The number of pyridine rings is 1. The van der Waals surface area contributed by atoms with Crippen LogP contribution >= 0.6 is 0 Å². The maximum Gasteiger partial charge on any atom is 0.258 e. The second-order valence-electron chi connectivity index (χ2n) is 7.07. The molecule has 1 unspecified atom stereocenters. The van der Waals surface area contributed by atoms with E-state index in [9.17, 15) is 4.79 Å². The van der Waals surface area contributed by atoms with Gasteiger partial charge in [-0.25, -0.2) is 9.97 Å². The van der Waals surface area contributed by atoms with E-state index in [-0.39, 0.29) is 11.6 Å². The van der Waals surface area contributed by atoms with Gasteiger partial charge in [-0.05, 0) is 44.9 Å². The van der Waals surface area contributed by atoms with Gasteiger partial charge >= 0.3 is 0 Å². The minimum absolute atomic E-state index is 0.0164. The van der Waals surface area contributed by atoms with E-state index in [1.807, 2.05) is 37.6 Å². The summed E-state index contributed by atoms with van der Waals surface area (Å²) in [6.07, 6.45) is 9.26. The molecule has 0 amide bonds. The monoisotopic (exact) mass is 351 g/mol. The quantitative estimate of drug-likeness (QED) is 0.725. The normalized spacial score (nSPS) is 18.5. The highest BCUT2D eigenvalue weighted by Gasteiger charge is 2.27. The van der Waals surface area contributed by atoms with Gasteiger partial charge in [0.15, 0.2) is 0 Å². The van der Waals surface area contributed by atoms with E-state index in [0.29, 0.717) is 12.2 Å².